The van der Waals surface area contributed by atoms with Gasteiger partial charge in [-0.15, -0.1) is 0 Å². The van der Waals surface area contributed by atoms with E-state index in [0.29, 0.717) is 0 Å². The monoisotopic (exact) mass is 309 g/mol. The highest BCUT2D eigenvalue weighted by molar-refractivity contribution is 6.02. The van der Waals surface area contributed by atoms with Gasteiger partial charge in [0.25, 0.3) is 0 Å². The summed E-state index contributed by atoms with van der Waals surface area (Å²) in [6, 6.07) is 15.9. The molecule has 0 aromatic heterocycles. The molecule has 1 aliphatic rings. The van der Waals surface area contributed by atoms with E-state index in [4.69, 9.17) is 4.74 Å². The van der Waals surface area contributed by atoms with Crippen LogP contribution in [0.4, 0.5) is 5.69 Å². The average Bonchev–Trinajstić information content (AvgIpc) is 3.31. The molecule has 0 aliphatic heterocycles. The summed E-state index contributed by atoms with van der Waals surface area (Å²) in [4.78, 5) is 12.9. The standard InChI is InChI=1S/C20H23NO2/c1-14(2)23-18-7-5-4-6-17(18)21-19(22)20(12-13-20)16-10-8-15(3)9-11-16/h4-11,14H,12-13H2,1-3H3,(H,21,22). The van der Waals surface area contributed by atoms with E-state index in [9.17, 15) is 4.79 Å². The van der Waals surface area contributed by atoms with Gasteiger partial charge in [0.15, 0.2) is 0 Å². The number of benzene rings is 2. The largest absolute Gasteiger partial charge is 0.489 e. The van der Waals surface area contributed by atoms with Gasteiger partial charge < -0.3 is 10.1 Å². The number of rotatable bonds is 5. The van der Waals surface area contributed by atoms with Crippen LogP contribution in [-0.4, -0.2) is 12.0 Å². The lowest BCUT2D eigenvalue weighted by atomic mass is 9.94. The van der Waals surface area contributed by atoms with Gasteiger partial charge in [0.2, 0.25) is 5.91 Å². The van der Waals surface area contributed by atoms with Crippen molar-refractivity contribution in [3.8, 4) is 5.75 Å². The third kappa shape index (κ3) is 3.24. The molecular weight excluding hydrogens is 286 g/mol. The topological polar surface area (TPSA) is 38.3 Å². The van der Waals surface area contributed by atoms with Gasteiger partial charge in [-0.3, -0.25) is 4.79 Å². The SMILES string of the molecule is Cc1ccc(C2(C(=O)Nc3ccccc3OC(C)C)CC2)cc1. The zero-order valence-electron chi connectivity index (χ0n) is 13.9. The Kier molecular flexibility index (Phi) is 4.12. The van der Waals surface area contributed by atoms with Gasteiger partial charge in [0.1, 0.15) is 5.75 Å². The predicted molar refractivity (Wildman–Crippen MR) is 92.9 cm³/mol. The van der Waals surface area contributed by atoms with Crippen LogP contribution in [0.25, 0.3) is 0 Å². The number of para-hydroxylation sites is 2. The highest BCUT2D eigenvalue weighted by Gasteiger charge is 2.51. The normalized spacial score (nSPS) is 15.3. The number of carbonyl (C=O) groups is 1. The lowest BCUT2D eigenvalue weighted by molar-refractivity contribution is -0.118. The first-order chi connectivity index (χ1) is 11.0. The second-order valence-electron chi connectivity index (χ2n) is 6.57. The van der Waals surface area contributed by atoms with Crippen LogP contribution < -0.4 is 10.1 Å². The molecule has 3 heteroatoms. The molecule has 1 N–H and O–H groups in total. The molecule has 0 unspecified atom stereocenters. The maximum absolute atomic E-state index is 12.9. The molecule has 0 saturated heterocycles. The number of hydrogen-bond acceptors (Lipinski definition) is 2. The van der Waals surface area contributed by atoms with Crippen molar-refractivity contribution in [2.75, 3.05) is 5.32 Å². The minimum absolute atomic E-state index is 0.0566. The quantitative estimate of drug-likeness (QED) is 0.886. The fraction of sp³-hybridized carbons (Fsp3) is 0.350. The molecular formula is C20H23NO2. The van der Waals surface area contributed by atoms with Crippen molar-refractivity contribution >= 4 is 11.6 Å². The van der Waals surface area contributed by atoms with Crippen LogP contribution in [0.3, 0.4) is 0 Å². The third-order valence-electron chi connectivity index (χ3n) is 4.29. The van der Waals surface area contributed by atoms with E-state index in [0.717, 1.165) is 29.8 Å². The van der Waals surface area contributed by atoms with E-state index in [1.165, 1.54) is 5.56 Å². The average molecular weight is 309 g/mol. The molecule has 2 aromatic rings. The Hall–Kier alpha value is -2.29. The summed E-state index contributed by atoms with van der Waals surface area (Å²) in [5, 5.41) is 3.07. The van der Waals surface area contributed by atoms with E-state index >= 15 is 0 Å². The summed E-state index contributed by atoms with van der Waals surface area (Å²) >= 11 is 0. The molecule has 0 heterocycles. The minimum Gasteiger partial charge on any atom is -0.489 e. The van der Waals surface area contributed by atoms with Crippen molar-refractivity contribution in [3.63, 3.8) is 0 Å². The molecule has 1 saturated carbocycles. The maximum Gasteiger partial charge on any atom is 0.235 e. The first-order valence-electron chi connectivity index (χ1n) is 8.15. The molecule has 1 aliphatic carbocycles. The Morgan fingerprint density at radius 2 is 1.74 bits per heavy atom. The molecule has 23 heavy (non-hydrogen) atoms. The fourth-order valence-corrected chi connectivity index (χ4v) is 2.81. The molecule has 120 valence electrons. The van der Waals surface area contributed by atoms with E-state index < -0.39 is 0 Å². The van der Waals surface area contributed by atoms with Gasteiger partial charge in [0.05, 0.1) is 17.2 Å². The van der Waals surface area contributed by atoms with E-state index in [-0.39, 0.29) is 17.4 Å². The Balaban J connectivity index is 1.81. The number of anilines is 1. The number of hydrogen-bond donors (Lipinski definition) is 1. The van der Waals surface area contributed by atoms with Crippen LogP contribution in [0.15, 0.2) is 48.5 Å². The fourth-order valence-electron chi connectivity index (χ4n) is 2.81. The zero-order chi connectivity index (χ0) is 16.4. The first-order valence-corrected chi connectivity index (χ1v) is 8.15. The summed E-state index contributed by atoms with van der Waals surface area (Å²) in [6.07, 6.45) is 1.87. The van der Waals surface area contributed by atoms with Crippen molar-refractivity contribution in [1.29, 1.82) is 0 Å². The van der Waals surface area contributed by atoms with Crippen LogP contribution in [-0.2, 0) is 10.2 Å². The van der Waals surface area contributed by atoms with E-state index in [2.05, 4.69) is 36.5 Å². The number of ether oxygens (including phenoxy) is 1. The highest BCUT2D eigenvalue weighted by atomic mass is 16.5. The molecule has 2 aromatic carbocycles. The van der Waals surface area contributed by atoms with Crippen LogP contribution in [0.5, 0.6) is 5.75 Å². The third-order valence-corrected chi connectivity index (χ3v) is 4.29. The van der Waals surface area contributed by atoms with Crippen molar-refractivity contribution < 1.29 is 9.53 Å². The summed E-state index contributed by atoms with van der Waals surface area (Å²) in [7, 11) is 0. The van der Waals surface area contributed by atoms with Crippen molar-refractivity contribution in [3.05, 3.63) is 59.7 Å². The molecule has 3 nitrogen and oxygen atoms in total. The zero-order valence-corrected chi connectivity index (χ0v) is 13.9. The first kappa shape index (κ1) is 15.6. The van der Waals surface area contributed by atoms with Crippen LogP contribution >= 0.6 is 0 Å². The summed E-state index contributed by atoms with van der Waals surface area (Å²) in [6.45, 7) is 6.02. The van der Waals surface area contributed by atoms with E-state index in [1.54, 1.807) is 0 Å². The van der Waals surface area contributed by atoms with Crippen molar-refractivity contribution in [2.24, 2.45) is 0 Å². The molecule has 3 rings (SSSR count). The smallest absolute Gasteiger partial charge is 0.235 e. The lowest BCUT2D eigenvalue weighted by Crippen LogP contribution is -2.28. The Morgan fingerprint density at radius 3 is 2.35 bits per heavy atom. The molecule has 1 fully saturated rings. The summed E-state index contributed by atoms with van der Waals surface area (Å²) in [5.74, 6) is 0.775. The second-order valence-corrected chi connectivity index (χ2v) is 6.57. The second kappa shape index (κ2) is 6.07. The van der Waals surface area contributed by atoms with Gasteiger partial charge >= 0.3 is 0 Å². The van der Waals surface area contributed by atoms with Crippen LogP contribution in [0, 0.1) is 6.92 Å². The number of carbonyl (C=O) groups excluding carboxylic acids is 1. The lowest BCUT2D eigenvalue weighted by Gasteiger charge is -2.19. The minimum atomic E-state index is -0.376. The number of nitrogens with one attached hydrogen (secondary N) is 1. The summed E-state index contributed by atoms with van der Waals surface area (Å²) in [5.41, 5.74) is 2.67. The van der Waals surface area contributed by atoms with Crippen LogP contribution in [0.1, 0.15) is 37.8 Å². The maximum atomic E-state index is 12.9. The number of aryl methyl sites for hydroxylation is 1. The Morgan fingerprint density at radius 1 is 1.09 bits per heavy atom. The molecule has 0 atom stereocenters. The van der Waals surface area contributed by atoms with Gasteiger partial charge in [0, 0.05) is 0 Å². The number of amides is 1. The predicted octanol–water partition coefficient (Wildman–Crippen LogP) is 4.45. The van der Waals surface area contributed by atoms with Crippen molar-refractivity contribution in [2.45, 2.75) is 45.1 Å². The molecule has 0 spiro atoms. The van der Waals surface area contributed by atoms with Gasteiger partial charge in [-0.05, 0) is 51.3 Å². The molecule has 0 radical (unpaired) electrons. The summed E-state index contributed by atoms with van der Waals surface area (Å²) < 4.78 is 5.79. The highest BCUT2D eigenvalue weighted by Crippen LogP contribution is 2.49. The van der Waals surface area contributed by atoms with Gasteiger partial charge in [-0.2, -0.15) is 0 Å². The van der Waals surface area contributed by atoms with E-state index in [1.807, 2.05) is 38.1 Å². The Bertz CT molecular complexity index is 700. The van der Waals surface area contributed by atoms with Crippen LogP contribution in [0.2, 0.25) is 0 Å². The van der Waals surface area contributed by atoms with Gasteiger partial charge in [-0.25, -0.2) is 0 Å². The van der Waals surface area contributed by atoms with Gasteiger partial charge in [-0.1, -0.05) is 42.0 Å². The Labute approximate surface area is 137 Å². The molecule has 1 amide bonds. The molecule has 0 bridgehead atoms. The van der Waals surface area contributed by atoms with Crippen molar-refractivity contribution in [1.82, 2.24) is 0 Å².